The van der Waals surface area contributed by atoms with E-state index in [9.17, 15) is 9.59 Å². The molecule has 0 bridgehead atoms. The van der Waals surface area contributed by atoms with Gasteiger partial charge in [0.1, 0.15) is 0 Å². The first-order valence-corrected chi connectivity index (χ1v) is 5.14. The molecule has 15 heavy (non-hydrogen) atoms. The highest BCUT2D eigenvalue weighted by Gasteiger charge is 2.14. The highest BCUT2D eigenvalue weighted by Crippen LogP contribution is 2.02. The van der Waals surface area contributed by atoms with Crippen LogP contribution in [0.1, 0.15) is 26.7 Å². The minimum Gasteiger partial charge on any atom is -0.481 e. The van der Waals surface area contributed by atoms with Gasteiger partial charge in [-0.15, -0.1) is 0 Å². The second-order valence-corrected chi connectivity index (χ2v) is 3.63. The summed E-state index contributed by atoms with van der Waals surface area (Å²) in [7, 11) is 0. The molecule has 5 heteroatoms. The summed E-state index contributed by atoms with van der Waals surface area (Å²) in [4.78, 5) is 22.9. The van der Waals surface area contributed by atoms with Gasteiger partial charge in [0.25, 0.3) is 0 Å². The van der Waals surface area contributed by atoms with Crippen molar-refractivity contribution in [2.24, 2.45) is 5.92 Å². The van der Waals surface area contributed by atoms with E-state index >= 15 is 0 Å². The summed E-state index contributed by atoms with van der Waals surface area (Å²) in [6.07, 6.45) is 0.702. The number of nitrogens with zero attached hydrogens (tertiary/aromatic N) is 1. The Hall–Kier alpha value is -1.10. The number of hydrogen-bond acceptors (Lipinski definition) is 3. The van der Waals surface area contributed by atoms with Crippen molar-refractivity contribution in [3.8, 4) is 0 Å². The number of carbonyl (C=O) groups is 2. The van der Waals surface area contributed by atoms with Gasteiger partial charge < -0.3 is 15.1 Å². The molecule has 0 saturated heterocycles. The summed E-state index contributed by atoms with van der Waals surface area (Å²) in [5, 5.41) is 17.2. The molecule has 0 aromatic carbocycles. The molecule has 0 aliphatic heterocycles. The zero-order valence-electron chi connectivity index (χ0n) is 9.27. The van der Waals surface area contributed by atoms with Crippen molar-refractivity contribution >= 4 is 11.9 Å². The summed E-state index contributed by atoms with van der Waals surface area (Å²) < 4.78 is 0. The molecule has 0 aliphatic rings. The highest BCUT2D eigenvalue weighted by molar-refractivity contribution is 5.69. The minimum absolute atomic E-state index is 0.137. The Balaban J connectivity index is 3.82. The Morgan fingerprint density at radius 1 is 1.33 bits per heavy atom. The van der Waals surface area contributed by atoms with Crippen molar-refractivity contribution < 1.29 is 19.8 Å². The maximum atomic E-state index is 10.6. The fourth-order valence-corrected chi connectivity index (χ4v) is 1.30. The number of carboxylic acids is 2. The van der Waals surface area contributed by atoms with Gasteiger partial charge >= 0.3 is 11.9 Å². The Morgan fingerprint density at radius 3 is 2.33 bits per heavy atom. The molecule has 1 atom stereocenters. The molecule has 0 spiro atoms. The first-order valence-electron chi connectivity index (χ1n) is 5.14. The van der Waals surface area contributed by atoms with Crippen LogP contribution in [-0.2, 0) is 9.59 Å². The van der Waals surface area contributed by atoms with Crippen LogP contribution in [0, 0.1) is 5.92 Å². The van der Waals surface area contributed by atoms with Crippen LogP contribution in [0.2, 0.25) is 0 Å². The molecule has 0 aromatic heterocycles. The van der Waals surface area contributed by atoms with Gasteiger partial charge in [-0.05, 0) is 19.5 Å². The molecule has 88 valence electrons. The fraction of sp³-hybridized carbons (Fsp3) is 0.800. The third kappa shape index (κ3) is 6.90. The van der Waals surface area contributed by atoms with Crippen LogP contribution >= 0.6 is 0 Å². The smallest absolute Gasteiger partial charge is 0.307 e. The van der Waals surface area contributed by atoms with Crippen molar-refractivity contribution in [1.29, 1.82) is 0 Å². The van der Waals surface area contributed by atoms with Crippen LogP contribution in [0.5, 0.6) is 0 Å². The molecule has 0 radical (unpaired) electrons. The SMILES string of the molecule is CCN(CCCC(=O)O)CC(C)C(=O)O. The molecule has 0 aliphatic carbocycles. The average Bonchev–Trinajstić information content (AvgIpc) is 2.15. The van der Waals surface area contributed by atoms with E-state index in [0.717, 1.165) is 6.54 Å². The number of carboxylic acid groups (broad SMARTS) is 2. The number of hydrogen-bond donors (Lipinski definition) is 2. The van der Waals surface area contributed by atoms with E-state index in [1.807, 2.05) is 11.8 Å². The zero-order valence-corrected chi connectivity index (χ0v) is 9.27. The van der Waals surface area contributed by atoms with Crippen LogP contribution in [0.15, 0.2) is 0 Å². The maximum absolute atomic E-state index is 10.6. The third-order valence-electron chi connectivity index (χ3n) is 2.27. The molecule has 0 amide bonds. The highest BCUT2D eigenvalue weighted by atomic mass is 16.4. The van der Waals surface area contributed by atoms with Gasteiger partial charge in [0.2, 0.25) is 0 Å². The predicted molar refractivity (Wildman–Crippen MR) is 55.8 cm³/mol. The lowest BCUT2D eigenvalue weighted by Crippen LogP contribution is -2.32. The predicted octanol–water partition coefficient (Wildman–Crippen LogP) is 0.894. The molecule has 0 aromatic rings. The first kappa shape index (κ1) is 13.9. The van der Waals surface area contributed by atoms with Crippen molar-refractivity contribution in [3.63, 3.8) is 0 Å². The lowest BCUT2D eigenvalue weighted by molar-refractivity contribution is -0.142. The van der Waals surface area contributed by atoms with E-state index in [-0.39, 0.29) is 6.42 Å². The van der Waals surface area contributed by atoms with Crippen LogP contribution in [0.25, 0.3) is 0 Å². The Bertz CT molecular complexity index is 217. The zero-order chi connectivity index (χ0) is 11.8. The molecule has 5 nitrogen and oxygen atoms in total. The molecule has 0 fully saturated rings. The van der Waals surface area contributed by atoms with E-state index in [0.29, 0.717) is 19.5 Å². The normalized spacial score (nSPS) is 12.7. The van der Waals surface area contributed by atoms with E-state index < -0.39 is 17.9 Å². The Labute approximate surface area is 89.7 Å². The lowest BCUT2D eigenvalue weighted by Gasteiger charge is -2.21. The summed E-state index contributed by atoms with van der Waals surface area (Å²) in [6.45, 7) is 5.46. The molecule has 2 N–H and O–H groups in total. The monoisotopic (exact) mass is 217 g/mol. The van der Waals surface area contributed by atoms with Crippen LogP contribution in [0.4, 0.5) is 0 Å². The van der Waals surface area contributed by atoms with Gasteiger partial charge in [-0.25, -0.2) is 0 Å². The van der Waals surface area contributed by atoms with E-state index in [1.165, 1.54) is 0 Å². The molecule has 1 unspecified atom stereocenters. The molecule has 0 rings (SSSR count). The minimum atomic E-state index is -0.813. The Morgan fingerprint density at radius 2 is 1.93 bits per heavy atom. The third-order valence-corrected chi connectivity index (χ3v) is 2.27. The standard InChI is InChI=1S/C10H19NO4/c1-3-11(6-4-5-9(12)13)7-8(2)10(14)15/h8H,3-7H2,1-2H3,(H,12,13)(H,14,15). The van der Waals surface area contributed by atoms with Gasteiger partial charge in [-0.1, -0.05) is 13.8 Å². The molecule has 0 heterocycles. The van der Waals surface area contributed by atoms with Gasteiger partial charge in [0, 0.05) is 13.0 Å². The molecular formula is C10H19NO4. The van der Waals surface area contributed by atoms with Crippen molar-refractivity contribution in [2.75, 3.05) is 19.6 Å². The van der Waals surface area contributed by atoms with Crippen molar-refractivity contribution in [2.45, 2.75) is 26.7 Å². The summed E-state index contributed by atoms with van der Waals surface area (Å²) in [5.41, 5.74) is 0. The molecular weight excluding hydrogens is 198 g/mol. The fourth-order valence-electron chi connectivity index (χ4n) is 1.30. The van der Waals surface area contributed by atoms with Gasteiger partial charge in [-0.3, -0.25) is 9.59 Å². The van der Waals surface area contributed by atoms with E-state index in [4.69, 9.17) is 10.2 Å². The lowest BCUT2D eigenvalue weighted by atomic mass is 10.1. The van der Waals surface area contributed by atoms with Crippen molar-refractivity contribution in [1.82, 2.24) is 4.90 Å². The van der Waals surface area contributed by atoms with Gasteiger partial charge in [0.15, 0.2) is 0 Å². The van der Waals surface area contributed by atoms with E-state index in [2.05, 4.69) is 0 Å². The summed E-state index contributed by atoms with van der Waals surface area (Å²) in [5.74, 6) is -2.03. The second kappa shape index (κ2) is 7.23. The topological polar surface area (TPSA) is 77.8 Å². The maximum Gasteiger partial charge on any atom is 0.307 e. The van der Waals surface area contributed by atoms with Crippen LogP contribution in [-0.4, -0.2) is 46.7 Å². The number of rotatable bonds is 8. The van der Waals surface area contributed by atoms with Crippen LogP contribution in [0.3, 0.4) is 0 Å². The second-order valence-electron chi connectivity index (χ2n) is 3.63. The van der Waals surface area contributed by atoms with Gasteiger partial charge in [0.05, 0.1) is 5.92 Å². The van der Waals surface area contributed by atoms with Gasteiger partial charge in [-0.2, -0.15) is 0 Å². The van der Waals surface area contributed by atoms with Crippen LogP contribution < -0.4 is 0 Å². The average molecular weight is 217 g/mol. The van der Waals surface area contributed by atoms with E-state index in [1.54, 1.807) is 6.92 Å². The number of aliphatic carboxylic acids is 2. The quantitative estimate of drug-likeness (QED) is 0.631. The summed E-state index contributed by atoms with van der Waals surface area (Å²) >= 11 is 0. The summed E-state index contributed by atoms with van der Waals surface area (Å²) in [6, 6.07) is 0. The Kier molecular flexibility index (Phi) is 6.70. The van der Waals surface area contributed by atoms with Crippen molar-refractivity contribution in [3.05, 3.63) is 0 Å². The largest absolute Gasteiger partial charge is 0.481 e. The first-order chi connectivity index (χ1) is 6.97. The molecule has 0 saturated carbocycles.